The van der Waals surface area contributed by atoms with E-state index in [1.807, 2.05) is 0 Å². The minimum Gasteiger partial charge on any atom is -0.372 e. The molecule has 3 rings (SSSR count). The van der Waals surface area contributed by atoms with Crippen LogP contribution >= 0.6 is 11.6 Å². The standard InChI is InChI=1S/C18H14ClF4N3O3/c19-11-5-10(6-12(20)7-11)8-25-15(27)17(29)3-4-26(16(17)28)13-1-2-14(24-9-13)18(21,22)23/h1-2,5-7,9,29H,3-4,8H2,(H,25,27). The lowest BCUT2D eigenvalue weighted by Gasteiger charge is -2.22. The number of carbonyl (C=O) groups is 2. The fourth-order valence-corrected chi connectivity index (χ4v) is 3.16. The zero-order valence-electron chi connectivity index (χ0n) is 14.6. The van der Waals surface area contributed by atoms with Gasteiger partial charge in [-0.1, -0.05) is 11.6 Å². The molecule has 1 atom stereocenters. The highest BCUT2D eigenvalue weighted by atomic mass is 35.5. The maximum Gasteiger partial charge on any atom is 0.433 e. The number of hydrogen-bond donors (Lipinski definition) is 2. The molecule has 6 nitrogen and oxygen atoms in total. The Morgan fingerprint density at radius 1 is 1.31 bits per heavy atom. The third kappa shape index (κ3) is 4.33. The summed E-state index contributed by atoms with van der Waals surface area (Å²) in [6.45, 7) is -0.282. The number of alkyl halides is 3. The topological polar surface area (TPSA) is 82.5 Å². The Balaban J connectivity index is 1.70. The molecule has 0 bridgehead atoms. The minimum atomic E-state index is -4.63. The first-order valence-corrected chi connectivity index (χ1v) is 8.69. The summed E-state index contributed by atoms with van der Waals surface area (Å²) in [4.78, 5) is 29.2. The summed E-state index contributed by atoms with van der Waals surface area (Å²) in [6, 6.07) is 5.36. The zero-order valence-corrected chi connectivity index (χ0v) is 15.4. The van der Waals surface area contributed by atoms with E-state index < -0.39 is 35.1 Å². The monoisotopic (exact) mass is 431 g/mol. The maximum absolute atomic E-state index is 13.3. The Bertz CT molecular complexity index is 932. The van der Waals surface area contributed by atoms with Crippen molar-refractivity contribution in [2.45, 2.75) is 24.7 Å². The zero-order chi connectivity index (χ0) is 21.4. The van der Waals surface area contributed by atoms with E-state index in [4.69, 9.17) is 11.6 Å². The molecule has 2 aromatic rings. The summed E-state index contributed by atoms with van der Waals surface area (Å²) < 4.78 is 51.2. The van der Waals surface area contributed by atoms with Crippen LogP contribution in [0.15, 0.2) is 36.5 Å². The van der Waals surface area contributed by atoms with Crippen LogP contribution in [0.1, 0.15) is 17.7 Å². The van der Waals surface area contributed by atoms with Gasteiger partial charge >= 0.3 is 6.18 Å². The van der Waals surface area contributed by atoms with Gasteiger partial charge in [0.05, 0.1) is 11.9 Å². The van der Waals surface area contributed by atoms with Gasteiger partial charge in [-0.3, -0.25) is 9.59 Å². The second kappa shape index (κ2) is 7.60. The van der Waals surface area contributed by atoms with Crippen molar-refractivity contribution in [3.63, 3.8) is 0 Å². The van der Waals surface area contributed by atoms with E-state index in [0.29, 0.717) is 11.6 Å². The van der Waals surface area contributed by atoms with E-state index in [9.17, 15) is 32.3 Å². The minimum absolute atomic E-state index is 0.0173. The number of nitrogens with one attached hydrogen (secondary N) is 1. The van der Waals surface area contributed by atoms with Crippen LogP contribution in [0.2, 0.25) is 5.02 Å². The molecule has 11 heteroatoms. The number of amides is 2. The number of rotatable bonds is 4. The van der Waals surface area contributed by atoms with Gasteiger partial charge in [0.2, 0.25) is 5.60 Å². The molecule has 0 saturated carbocycles. The van der Waals surface area contributed by atoms with Crippen molar-refractivity contribution in [3.05, 3.63) is 58.6 Å². The van der Waals surface area contributed by atoms with E-state index in [1.54, 1.807) is 0 Å². The molecule has 2 heterocycles. The molecule has 0 radical (unpaired) electrons. The van der Waals surface area contributed by atoms with E-state index in [0.717, 1.165) is 29.3 Å². The molecular weight excluding hydrogens is 418 g/mol. The lowest BCUT2D eigenvalue weighted by molar-refractivity contribution is -0.149. The van der Waals surface area contributed by atoms with Gasteiger partial charge in [0, 0.05) is 24.5 Å². The average molecular weight is 432 g/mol. The molecule has 0 aliphatic carbocycles. The van der Waals surface area contributed by atoms with Gasteiger partial charge in [0.1, 0.15) is 11.5 Å². The molecule has 1 aliphatic rings. The number of hydrogen-bond acceptors (Lipinski definition) is 4. The van der Waals surface area contributed by atoms with Crippen LogP contribution in [0.25, 0.3) is 0 Å². The van der Waals surface area contributed by atoms with Crippen LogP contribution in [-0.4, -0.2) is 34.1 Å². The van der Waals surface area contributed by atoms with Crippen LogP contribution in [0, 0.1) is 5.82 Å². The molecule has 2 amide bonds. The van der Waals surface area contributed by atoms with Crippen LogP contribution in [-0.2, 0) is 22.3 Å². The third-order valence-electron chi connectivity index (χ3n) is 4.40. The summed E-state index contributed by atoms with van der Waals surface area (Å²) in [6.07, 6.45) is -4.06. The SMILES string of the molecule is O=C(NCc1cc(F)cc(Cl)c1)C1(O)CCN(c2ccc(C(F)(F)F)nc2)C1=O. The lowest BCUT2D eigenvalue weighted by atomic mass is 10.0. The van der Waals surface area contributed by atoms with Crippen molar-refractivity contribution in [2.75, 3.05) is 11.4 Å². The van der Waals surface area contributed by atoms with Crippen LogP contribution in [0.3, 0.4) is 0 Å². The fourth-order valence-electron chi connectivity index (χ4n) is 2.92. The van der Waals surface area contributed by atoms with Gasteiger partial charge < -0.3 is 15.3 Å². The number of pyridine rings is 1. The number of halogens is 5. The predicted molar refractivity (Wildman–Crippen MR) is 94.4 cm³/mol. The number of nitrogens with zero attached hydrogens (tertiary/aromatic N) is 2. The van der Waals surface area contributed by atoms with Crippen molar-refractivity contribution in [3.8, 4) is 0 Å². The molecule has 1 saturated heterocycles. The summed E-state index contributed by atoms with van der Waals surface area (Å²) in [5.41, 5.74) is -3.20. The highest BCUT2D eigenvalue weighted by Crippen LogP contribution is 2.31. The average Bonchev–Trinajstić information content (AvgIpc) is 2.94. The van der Waals surface area contributed by atoms with Gasteiger partial charge in [-0.15, -0.1) is 0 Å². The van der Waals surface area contributed by atoms with Crippen LogP contribution < -0.4 is 10.2 Å². The number of aliphatic hydroxyl groups is 1. The van der Waals surface area contributed by atoms with Gasteiger partial charge in [0.15, 0.2) is 0 Å². The van der Waals surface area contributed by atoms with E-state index in [-0.39, 0.29) is 30.2 Å². The van der Waals surface area contributed by atoms with Crippen molar-refractivity contribution in [1.29, 1.82) is 0 Å². The summed E-state index contributed by atoms with van der Waals surface area (Å²) in [5, 5.41) is 13.0. The Labute approximate surface area is 167 Å². The highest BCUT2D eigenvalue weighted by molar-refractivity contribution is 6.30. The summed E-state index contributed by atoms with van der Waals surface area (Å²) >= 11 is 5.73. The second-order valence-corrected chi connectivity index (χ2v) is 6.86. The molecule has 2 N–H and O–H groups in total. The van der Waals surface area contributed by atoms with Crippen LogP contribution in [0.5, 0.6) is 0 Å². The smallest absolute Gasteiger partial charge is 0.372 e. The first-order valence-electron chi connectivity index (χ1n) is 8.31. The van der Waals surface area contributed by atoms with E-state index in [1.165, 1.54) is 6.07 Å². The van der Waals surface area contributed by atoms with Gasteiger partial charge in [-0.25, -0.2) is 9.37 Å². The van der Waals surface area contributed by atoms with Crippen molar-refractivity contribution in [1.82, 2.24) is 10.3 Å². The van der Waals surface area contributed by atoms with E-state index >= 15 is 0 Å². The molecular formula is C18H14ClF4N3O3. The molecule has 1 aromatic carbocycles. The van der Waals surface area contributed by atoms with Gasteiger partial charge in [0.25, 0.3) is 11.8 Å². The van der Waals surface area contributed by atoms with Crippen molar-refractivity contribution >= 4 is 29.1 Å². The Kier molecular flexibility index (Phi) is 5.50. The lowest BCUT2D eigenvalue weighted by Crippen LogP contribution is -2.52. The first kappa shape index (κ1) is 21.0. The van der Waals surface area contributed by atoms with Crippen molar-refractivity contribution < 1.29 is 32.3 Å². The first-order chi connectivity index (χ1) is 13.5. The summed E-state index contributed by atoms with van der Waals surface area (Å²) in [7, 11) is 0. The largest absolute Gasteiger partial charge is 0.433 e. The Morgan fingerprint density at radius 3 is 2.62 bits per heavy atom. The predicted octanol–water partition coefficient (Wildman–Crippen LogP) is 2.68. The quantitative estimate of drug-likeness (QED) is 0.576. The fraction of sp³-hybridized carbons (Fsp3) is 0.278. The molecule has 154 valence electrons. The molecule has 1 unspecified atom stereocenters. The van der Waals surface area contributed by atoms with Crippen molar-refractivity contribution in [2.24, 2.45) is 0 Å². The number of aromatic nitrogens is 1. The Hall–Kier alpha value is -2.72. The molecule has 1 fully saturated rings. The normalized spacial score (nSPS) is 19.5. The van der Waals surface area contributed by atoms with Gasteiger partial charge in [-0.05, 0) is 35.9 Å². The maximum atomic E-state index is 13.3. The third-order valence-corrected chi connectivity index (χ3v) is 4.62. The number of carbonyl (C=O) groups excluding carboxylic acids is 2. The Morgan fingerprint density at radius 2 is 2.03 bits per heavy atom. The highest BCUT2D eigenvalue weighted by Gasteiger charge is 2.51. The van der Waals surface area contributed by atoms with Crippen LogP contribution in [0.4, 0.5) is 23.2 Å². The number of benzene rings is 1. The number of anilines is 1. The van der Waals surface area contributed by atoms with Gasteiger partial charge in [-0.2, -0.15) is 13.2 Å². The molecule has 1 aromatic heterocycles. The van der Waals surface area contributed by atoms with E-state index in [2.05, 4.69) is 10.3 Å². The summed E-state index contributed by atoms with van der Waals surface area (Å²) in [5.74, 6) is -2.61. The molecule has 0 spiro atoms. The molecule has 29 heavy (non-hydrogen) atoms. The molecule has 1 aliphatic heterocycles. The second-order valence-electron chi connectivity index (χ2n) is 6.43.